The first-order valence-electron chi connectivity index (χ1n) is 5.91. The smallest absolute Gasteiger partial charge is 0.0992 e. The molecule has 1 aliphatic heterocycles. The maximum Gasteiger partial charge on any atom is 0.0992 e. The van der Waals surface area contributed by atoms with Crippen LogP contribution >= 0.6 is 34.5 Å². The molecule has 2 rings (SSSR count). The Morgan fingerprint density at radius 3 is 2.82 bits per heavy atom. The summed E-state index contributed by atoms with van der Waals surface area (Å²) in [6.45, 7) is 5.93. The lowest BCUT2D eigenvalue weighted by Crippen LogP contribution is -2.28. The third-order valence-electron chi connectivity index (χ3n) is 3.14. The van der Waals surface area contributed by atoms with E-state index in [-0.39, 0.29) is 6.04 Å². The normalized spacial score (nSPS) is 26.4. The van der Waals surface area contributed by atoms with Crippen molar-refractivity contribution in [1.82, 2.24) is 5.32 Å². The number of thiophene rings is 1. The molecular weight excluding hydrogens is 277 g/mol. The standard InChI is InChI=1S/C12H17Cl2NOS/c1-3-15-11(8-4-7(2)16-6-8)9-5-10(13)17-12(9)14/h5,7-8,11,15H,3-4,6H2,1-2H3. The zero-order chi connectivity index (χ0) is 12.4. The molecule has 5 heteroatoms. The van der Waals surface area contributed by atoms with E-state index in [1.54, 1.807) is 0 Å². The molecule has 1 N–H and O–H groups in total. The van der Waals surface area contributed by atoms with Crippen LogP contribution < -0.4 is 5.32 Å². The molecule has 0 radical (unpaired) electrons. The lowest BCUT2D eigenvalue weighted by molar-refractivity contribution is 0.117. The third-order valence-corrected chi connectivity index (χ3v) is 4.66. The van der Waals surface area contributed by atoms with Gasteiger partial charge in [0.1, 0.15) is 0 Å². The molecule has 2 heterocycles. The number of hydrogen-bond donors (Lipinski definition) is 1. The molecule has 0 bridgehead atoms. The SMILES string of the molecule is CCNC(c1cc(Cl)sc1Cl)C1COC(C)C1. The Morgan fingerprint density at radius 1 is 1.59 bits per heavy atom. The first-order chi connectivity index (χ1) is 8.11. The molecule has 0 aliphatic carbocycles. The molecule has 0 spiro atoms. The highest BCUT2D eigenvalue weighted by atomic mass is 35.5. The molecule has 3 atom stereocenters. The van der Waals surface area contributed by atoms with Crippen LogP contribution in [0, 0.1) is 5.92 Å². The minimum atomic E-state index is 0.251. The van der Waals surface area contributed by atoms with Crippen molar-refractivity contribution in [3.05, 3.63) is 20.3 Å². The van der Waals surface area contributed by atoms with Gasteiger partial charge in [-0.15, -0.1) is 11.3 Å². The summed E-state index contributed by atoms with van der Waals surface area (Å²) in [5.41, 5.74) is 1.12. The Morgan fingerprint density at radius 2 is 2.35 bits per heavy atom. The van der Waals surface area contributed by atoms with Gasteiger partial charge < -0.3 is 10.1 Å². The topological polar surface area (TPSA) is 21.3 Å². The summed E-state index contributed by atoms with van der Waals surface area (Å²) in [5, 5.41) is 3.50. The molecule has 17 heavy (non-hydrogen) atoms. The van der Waals surface area contributed by atoms with E-state index in [1.807, 2.05) is 6.07 Å². The highest BCUT2D eigenvalue weighted by molar-refractivity contribution is 7.20. The van der Waals surface area contributed by atoms with Gasteiger partial charge in [-0.3, -0.25) is 0 Å². The van der Waals surface area contributed by atoms with Crippen LogP contribution in [0.15, 0.2) is 6.07 Å². The summed E-state index contributed by atoms with van der Waals surface area (Å²) in [6.07, 6.45) is 1.41. The number of rotatable bonds is 4. The van der Waals surface area contributed by atoms with Crippen LogP contribution in [0.3, 0.4) is 0 Å². The molecule has 0 saturated carbocycles. The van der Waals surface area contributed by atoms with Crippen LogP contribution in [0.25, 0.3) is 0 Å². The number of halogens is 2. The lowest BCUT2D eigenvalue weighted by atomic mass is 9.92. The first kappa shape index (κ1) is 13.6. The summed E-state index contributed by atoms with van der Waals surface area (Å²) in [5.74, 6) is 0.480. The fraction of sp³-hybridized carbons (Fsp3) is 0.667. The van der Waals surface area contributed by atoms with Crippen molar-refractivity contribution in [2.75, 3.05) is 13.2 Å². The molecule has 0 aromatic carbocycles. The summed E-state index contributed by atoms with van der Waals surface area (Å²) in [4.78, 5) is 0. The maximum atomic E-state index is 6.24. The molecule has 1 aromatic heterocycles. The van der Waals surface area contributed by atoms with Gasteiger partial charge in [0.05, 0.1) is 21.4 Å². The summed E-state index contributed by atoms with van der Waals surface area (Å²) in [6, 6.07) is 2.23. The Bertz CT molecular complexity index is 383. The minimum absolute atomic E-state index is 0.251. The number of nitrogens with one attached hydrogen (secondary N) is 1. The molecule has 96 valence electrons. The van der Waals surface area contributed by atoms with Gasteiger partial charge >= 0.3 is 0 Å². The fourth-order valence-electron chi connectivity index (χ4n) is 2.40. The lowest BCUT2D eigenvalue weighted by Gasteiger charge is -2.23. The van der Waals surface area contributed by atoms with E-state index in [4.69, 9.17) is 27.9 Å². The molecule has 1 saturated heterocycles. The third kappa shape index (κ3) is 3.15. The predicted octanol–water partition coefficient (Wildman–Crippen LogP) is 4.13. The van der Waals surface area contributed by atoms with Crippen molar-refractivity contribution in [1.29, 1.82) is 0 Å². The van der Waals surface area contributed by atoms with Gasteiger partial charge in [-0.2, -0.15) is 0 Å². The van der Waals surface area contributed by atoms with Crippen LogP contribution in [0.5, 0.6) is 0 Å². The number of hydrogen-bond acceptors (Lipinski definition) is 3. The van der Waals surface area contributed by atoms with Gasteiger partial charge in [-0.05, 0) is 26.0 Å². The Hall–Kier alpha value is 0.200. The van der Waals surface area contributed by atoms with Crippen molar-refractivity contribution in [3.63, 3.8) is 0 Å². The molecule has 2 nitrogen and oxygen atoms in total. The van der Waals surface area contributed by atoms with Gasteiger partial charge in [0.2, 0.25) is 0 Å². The molecule has 1 aromatic rings. The van der Waals surface area contributed by atoms with E-state index < -0.39 is 0 Å². The van der Waals surface area contributed by atoms with E-state index in [0.717, 1.165) is 33.8 Å². The molecule has 0 amide bonds. The minimum Gasteiger partial charge on any atom is -0.378 e. The Labute approximate surface area is 116 Å². The van der Waals surface area contributed by atoms with Gasteiger partial charge in [0.15, 0.2) is 0 Å². The summed E-state index contributed by atoms with van der Waals surface area (Å²) >= 11 is 13.7. The number of ether oxygens (including phenoxy) is 1. The zero-order valence-corrected chi connectivity index (χ0v) is 12.3. The van der Waals surface area contributed by atoms with Crippen molar-refractivity contribution in [2.24, 2.45) is 5.92 Å². The zero-order valence-electron chi connectivity index (χ0n) is 10.0. The van der Waals surface area contributed by atoms with Gasteiger partial charge in [0, 0.05) is 17.5 Å². The van der Waals surface area contributed by atoms with Crippen molar-refractivity contribution in [2.45, 2.75) is 32.4 Å². The second-order valence-corrected chi connectivity index (χ2v) is 6.74. The van der Waals surface area contributed by atoms with Gasteiger partial charge in [-0.25, -0.2) is 0 Å². The quantitative estimate of drug-likeness (QED) is 0.901. The van der Waals surface area contributed by atoms with E-state index >= 15 is 0 Å². The van der Waals surface area contributed by atoms with E-state index in [9.17, 15) is 0 Å². The highest BCUT2D eigenvalue weighted by Crippen LogP contribution is 2.40. The van der Waals surface area contributed by atoms with Gasteiger partial charge in [0.25, 0.3) is 0 Å². The van der Waals surface area contributed by atoms with Crippen molar-refractivity contribution < 1.29 is 4.74 Å². The van der Waals surface area contributed by atoms with E-state index in [0.29, 0.717) is 12.0 Å². The van der Waals surface area contributed by atoms with E-state index in [2.05, 4.69) is 19.2 Å². The molecule has 1 aliphatic rings. The predicted molar refractivity (Wildman–Crippen MR) is 74.3 cm³/mol. The Kier molecular flexibility index (Phi) is 4.72. The van der Waals surface area contributed by atoms with Crippen LogP contribution in [0.4, 0.5) is 0 Å². The molecule has 1 fully saturated rings. The molecular formula is C12H17Cl2NOS. The van der Waals surface area contributed by atoms with Gasteiger partial charge in [-0.1, -0.05) is 30.1 Å². The highest BCUT2D eigenvalue weighted by Gasteiger charge is 2.32. The van der Waals surface area contributed by atoms with Crippen LogP contribution in [-0.2, 0) is 4.74 Å². The van der Waals surface area contributed by atoms with Crippen LogP contribution in [-0.4, -0.2) is 19.3 Å². The summed E-state index contributed by atoms with van der Waals surface area (Å²) in [7, 11) is 0. The monoisotopic (exact) mass is 293 g/mol. The van der Waals surface area contributed by atoms with Crippen LogP contribution in [0.1, 0.15) is 31.9 Å². The average molecular weight is 294 g/mol. The second-order valence-electron chi connectivity index (χ2n) is 4.45. The maximum absolute atomic E-state index is 6.24. The van der Waals surface area contributed by atoms with Crippen molar-refractivity contribution >= 4 is 34.5 Å². The Balaban J connectivity index is 2.19. The fourth-order valence-corrected chi connectivity index (χ4v) is 3.95. The van der Waals surface area contributed by atoms with E-state index in [1.165, 1.54) is 11.3 Å². The second kappa shape index (κ2) is 5.89. The summed E-state index contributed by atoms with van der Waals surface area (Å²) < 4.78 is 7.19. The van der Waals surface area contributed by atoms with Crippen molar-refractivity contribution in [3.8, 4) is 0 Å². The van der Waals surface area contributed by atoms with Crippen LogP contribution in [0.2, 0.25) is 8.67 Å². The first-order valence-corrected chi connectivity index (χ1v) is 7.48. The largest absolute Gasteiger partial charge is 0.378 e. The average Bonchev–Trinajstić information content (AvgIpc) is 2.82. The molecule has 3 unspecified atom stereocenters.